The maximum atomic E-state index is 13.4. The van der Waals surface area contributed by atoms with Gasteiger partial charge in [-0.15, -0.1) is 0 Å². The molecule has 0 unspecified atom stereocenters. The number of halogens is 2. The minimum Gasteiger partial charge on any atom is -0.459 e. The van der Waals surface area contributed by atoms with Crippen molar-refractivity contribution in [2.45, 2.75) is 24.9 Å². The number of ether oxygens (including phenoxy) is 1. The highest BCUT2D eigenvalue weighted by Crippen LogP contribution is 2.32. The average molecular weight is 443 g/mol. The molecule has 31 heavy (non-hydrogen) atoms. The van der Waals surface area contributed by atoms with Crippen LogP contribution in [-0.4, -0.2) is 25.7 Å². The van der Waals surface area contributed by atoms with E-state index in [1.54, 1.807) is 24.3 Å². The molecule has 3 aromatic rings. The third-order valence-electron chi connectivity index (χ3n) is 5.58. The molecule has 1 fully saturated rings. The van der Waals surface area contributed by atoms with Crippen molar-refractivity contribution in [1.29, 1.82) is 0 Å². The maximum Gasteiger partial charge on any atom is 0.234 e. The number of hydrogen-bond acceptors (Lipinski definition) is 4. The van der Waals surface area contributed by atoms with Gasteiger partial charge in [-0.1, -0.05) is 23.7 Å². The van der Waals surface area contributed by atoms with E-state index in [-0.39, 0.29) is 18.3 Å². The van der Waals surface area contributed by atoms with Gasteiger partial charge in [0.2, 0.25) is 5.91 Å². The molecule has 2 aromatic carbocycles. The largest absolute Gasteiger partial charge is 0.459 e. The second-order valence-electron chi connectivity index (χ2n) is 7.60. The summed E-state index contributed by atoms with van der Waals surface area (Å²) in [6, 6.07) is 17.5. The van der Waals surface area contributed by atoms with Gasteiger partial charge in [0.25, 0.3) is 0 Å². The van der Waals surface area contributed by atoms with E-state index in [2.05, 4.69) is 10.6 Å². The van der Waals surface area contributed by atoms with Gasteiger partial charge in [-0.2, -0.15) is 0 Å². The van der Waals surface area contributed by atoms with E-state index in [1.807, 2.05) is 24.3 Å². The average Bonchev–Trinajstić information content (AvgIpc) is 3.27. The predicted molar refractivity (Wildman–Crippen MR) is 117 cm³/mol. The van der Waals surface area contributed by atoms with Crippen molar-refractivity contribution >= 4 is 17.5 Å². The number of amides is 1. The highest BCUT2D eigenvalue weighted by atomic mass is 35.5. The summed E-state index contributed by atoms with van der Waals surface area (Å²) in [6.07, 6.45) is 1.43. The Morgan fingerprint density at radius 2 is 1.71 bits per heavy atom. The molecule has 0 aliphatic carbocycles. The van der Waals surface area contributed by atoms with E-state index < -0.39 is 5.54 Å². The Labute approximate surface area is 185 Å². The Hall–Kier alpha value is -2.67. The predicted octanol–water partition coefficient (Wildman–Crippen LogP) is 4.65. The number of furan rings is 1. The highest BCUT2D eigenvalue weighted by molar-refractivity contribution is 6.30. The molecule has 1 aliphatic rings. The van der Waals surface area contributed by atoms with Gasteiger partial charge in [-0.3, -0.25) is 10.1 Å². The molecule has 7 heteroatoms. The number of carbonyl (C=O) groups excluding carboxylic acids is 1. The molecule has 2 heterocycles. The van der Waals surface area contributed by atoms with E-state index >= 15 is 0 Å². The van der Waals surface area contributed by atoms with E-state index in [4.69, 9.17) is 20.8 Å². The Morgan fingerprint density at radius 3 is 2.42 bits per heavy atom. The molecule has 162 valence electrons. The van der Waals surface area contributed by atoms with Crippen molar-refractivity contribution in [1.82, 2.24) is 10.6 Å². The minimum absolute atomic E-state index is 0.141. The first-order chi connectivity index (χ1) is 15.0. The fraction of sp³-hybridized carbons (Fsp3) is 0.292. The third kappa shape index (κ3) is 5.34. The molecule has 0 atom stereocenters. The van der Waals surface area contributed by atoms with Gasteiger partial charge >= 0.3 is 0 Å². The summed E-state index contributed by atoms with van der Waals surface area (Å²) in [6.45, 7) is 1.61. The fourth-order valence-electron chi connectivity index (χ4n) is 3.80. The Kier molecular flexibility index (Phi) is 6.70. The zero-order valence-electron chi connectivity index (χ0n) is 17.0. The Morgan fingerprint density at radius 1 is 1.00 bits per heavy atom. The molecule has 0 saturated carbocycles. The lowest BCUT2D eigenvalue weighted by Gasteiger charge is -2.38. The first kappa shape index (κ1) is 21.6. The van der Waals surface area contributed by atoms with Gasteiger partial charge in [-0.25, -0.2) is 4.39 Å². The van der Waals surface area contributed by atoms with Crippen LogP contribution in [-0.2, 0) is 21.6 Å². The van der Waals surface area contributed by atoms with E-state index in [0.29, 0.717) is 43.4 Å². The van der Waals surface area contributed by atoms with Crippen LogP contribution in [0.1, 0.15) is 24.2 Å². The third-order valence-corrected chi connectivity index (χ3v) is 5.83. The molecule has 0 radical (unpaired) electrons. The highest BCUT2D eigenvalue weighted by Gasteiger charge is 2.34. The first-order valence-electron chi connectivity index (χ1n) is 10.2. The maximum absolute atomic E-state index is 13.4. The molecule has 2 N–H and O–H groups in total. The molecule has 1 aliphatic heterocycles. The number of hydrogen-bond donors (Lipinski definition) is 2. The van der Waals surface area contributed by atoms with Crippen molar-refractivity contribution in [3.05, 3.63) is 82.8 Å². The van der Waals surface area contributed by atoms with Crippen molar-refractivity contribution in [2.24, 2.45) is 0 Å². The molecule has 4 rings (SSSR count). The zero-order chi connectivity index (χ0) is 21.7. The normalized spacial score (nSPS) is 15.5. The van der Waals surface area contributed by atoms with Crippen LogP contribution in [0, 0.1) is 5.82 Å². The van der Waals surface area contributed by atoms with Crippen LogP contribution in [0.3, 0.4) is 0 Å². The van der Waals surface area contributed by atoms with Gasteiger partial charge in [0, 0.05) is 29.3 Å². The summed E-state index contributed by atoms with van der Waals surface area (Å²) in [5.74, 6) is 0.965. The van der Waals surface area contributed by atoms with Crippen LogP contribution in [0.4, 0.5) is 4.39 Å². The van der Waals surface area contributed by atoms with Crippen molar-refractivity contribution < 1.29 is 18.3 Å². The first-order valence-corrected chi connectivity index (χ1v) is 10.6. The van der Waals surface area contributed by atoms with Gasteiger partial charge in [0.15, 0.2) is 0 Å². The van der Waals surface area contributed by atoms with Crippen molar-refractivity contribution in [2.75, 3.05) is 19.8 Å². The molecular formula is C24H24ClFN2O3. The summed E-state index contributed by atoms with van der Waals surface area (Å²) in [4.78, 5) is 12.5. The quantitative estimate of drug-likeness (QED) is 0.559. The second-order valence-corrected chi connectivity index (χ2v) is 8.04. The Bertz CT molecular complexity index is 1010. The zero-order valence-corrected chi connectivity index (χ0v) is 17.8. The van der Waals surface area contributed by atoms with E-state index in [9.17, 15) is 9.18 Å². The summed E-state index contributed by atoms with van der Waals surface area (Å²) >= 11 is 5.92. The van der Waals surface area contributed by atoms with Gasteiger partial charge in [0.05, 0.1) is 13.1 Å². The summed E-state index contributed by atoms with van der Waals surface area (Å²) in [5.41, 5.74) is 1.48. The molecule has 1 aromatic heterocycles. The summed E-state index contributed by atoms with van der Waals surface area (Å²) < 4.78 is 24.7. The molecule has 5 nitrogen and oxygen atoms in total. The Balaban J connectivity index is 1.34. The number of carbonyl (C=O) groups is 1. The van der Waals surface area contributed by atoms with Gasteiger partial charge < -0.3 is 14.5 Å². The number of benzene rings is 2. The summed E-state index contributed by atoms with van der Waals surface area (Å²) in [7, 11) is 0. The van der Waals surface area contributed by atoms with Crippen molar-refractivity contribution in [3.8, 4) is 11.3 Å². The smallest absolute Gasteiger partial charge is 0.234 e. The molecule has 0 bridgehead atoms. The van der Waals surface area contributed by atoms with Gasteiger partial charge in [-0.05, 0) is 66.9 Å². The fourth-order valence-corrected chi connectivity index (χ4v) is 3.92. The number of rotatable bonds is 7. The van der Waals surface area contributed by atoms with Crippen LogP contribution >= 0.6 is 11.6 Å². The lowest BCUT2D eigenvalue weighted by atomic mass is 9.82. The standard InChI is InChI=1S/C24H24ClFN2O3/c25-19-5-1-17(2-6-19)22-10-9-21(31-22)15-27-23(29)16-28-24(11-13-30-14-12-24)18-3-7-20(26)8-4-18/h1-10,28H,11-16H2,(H,27,29). The van der Waals surface area contributed by atoms with Crippen LogP contribution in [0.2, 0.25) is 5.02 Å². The molecular weight excluding hydrogens is 419 g/mol. The van der Waals surface area contributed by atoms with Gasteiger partial charge in [0.1, 0.15) is 17.3 Å². The van der Waals surface area contributed by atoms with Crippen LogP contribution in [0.5, 0.6) is 0 Å². The number of nitrogens with one attached hydrogen (secondary N) is 2. The van der Waals surface area contributed by atoms with E-state index in [1.165, 1.54) is 12.1 Å². The topological polar surface area (TPSA) is 63.5 Å². The lowest BCUT2D eigenvalue weighted by molar-refractivity contribution is -0.121. The van der Waals surface area contributed by atoms with Crippen LogP contribution in [0.25, 0.3) is 11.3 Å². The molecule has 1 amide bonds. The van der Waals surface area contributed by atoms with E-state index in [0.717, 1.165) is 16.9 Å². The SMILES string of the molecule is O=C(CNC1(c2ccc(F)cc2)CCOCC1)NCc1ccc(-c2ccc(Cl)cc2)o1. The monoisotopic (exact) mass is 442 g/mol. The minimum atomic E-state index is -0.407. The second kappa shape index (κ2) is 9.64. The lowest BCUT2D eigenvalue weighted by Crippen LogP contribution is -2.50. The van der Waals surface area contributed by atoms with Crippen LogP contribution in [0.15, 0.2) is 65.1 Å². The van der Waals surface area contributed by atoms with Crippen molar-refractivity contribution in [3.63, 3.8) is 0 Å². The van der Waals surface area contributed by atoms with Crippen LogP contribution < -0.4 is 10.6 Å². The summed E-state index contributed by atoms with van der Waals surface area (Å²) in [5, 5.41) is 6.93. The molecule has 0 spiro atoms. The molecule has 1 saturated heterocycles.